The lowest BCUT2D eigenvalue weighted by Gasteiger charge is -2.23. The van der Waals surface area contributed by atoms with Crippen LogP contribution in [0.4, 0.5) is 9.93 Å². The summed E-state index contributed by atoms with van der Waals surface area (Å²) in [6.45, 7) is 5.32. The Bertz CT molecular complexity index is 495. The monoisotopic (exact) mass is 350 g/mol. The molecule has 0 aliphatic heterocycles. The van der Waals surface area contributed by atoms with Crippen LogP contribution >= 0.6 is 27.3 Å². The molecule has 0 spiro atoms. The van der Waals surface area contributed by atoms with Gasteiger partial charge < -0.3 is 9.47 Å². The Hall–Kier alpha value is -1.15. The van der Waals surface area contributed by atoms with Crippen LogP contribution in [-0.4, -0.2) is 36.8 Å². The molecule has 0 aliphatic carbocycles. The molecule has 8 heteroatoms. The lowest BCUT2D eigenvalue weighted by atomic mass is 10.2. The molecule has 1 rings (SSSR count). The fourth-order valence-electron chi connectivity index (χ4n) is 1.07. The summed E-state index contributed by atoms with van der Waals surface area (Å²) in [5, 5.41) is 0.349. The van der Waals surface area contributed by atoms with E-state index in [1.807, 2.05) is 0 Å². The molecule has 1 aromatic rings. The van der Waals surface area contributed by atoms with Crippen LogP contribution in [0.2, 0.25) is 0 Å². The quantitative estimate of drug-likeness (QED) is 0.766. The summed E-state index contributed by atoms with van der Waals surface area (Å²) < 4.78 is 10.3. The number of ether oxygens (including phenoxy) is 2. The molecular formula is C11H15BrN2O4S. The molecule has 0 unspecified atom stereocenters. The molecule has 19 heavy (non-hydrogen) atoms. The van der Waals surface area contributed by atoms with E-state index in [-0.39, 0.29) is 5.69 Å². The standard InChI is InChI=1S/C11H15BrN2O4S/c1-11(2,3)18-10(16)14(4)9-13-6(7(12)19-9)8(15)17-5/h1-5H3. The lowest BCUT2D eigenvalue weighted by Crippen LogP contribution is -2.34. The molecule has 106 valence electrons. The van der Waals surface area contributed by atoms with Gasteiger partial charge in [0.2, 0.25) is 0 Å². The number of thiazole rings is 1. The highest BCUT2D eigenvalue weighted by Crippen LogP contribution is 2.31. The van der Waals surface area contributed by atoms with Crippen LogP contribution in [0, 0.1) is 0 Å². The molecule has 0 radical (unpaired) electrons. The van der Waals surface area contributed by atoms with Crippen molar-refractivity contribution in [2.24, 2.45) is 0 Å². The van der Waals surface area contributed by atoms with Gasteiger partial charge in [-0.2, -0.15) is 0 Å². The Morgan fingerprint density at radius 2 is 1.95 bits per heavy atom. The van der Waals surface area contributed by atoms with Crippen molar-refractivity contribution in [3.05, 3.63) is 9.48 Å². The predicted molar refractivity (Wildman–Crippen MR) is 75.8 cm³/mol. The third kappa shape index (κ3) is 4.17. The van der Waals surface area contributed by atoms with Crippen LogP contribution < -0.4 is 4.90 Å². The Labute approximate surface area is 123 Å². The number of amides is 1. The maximum atomic E-state index is 11.9. The zero-order valence-electron chi connectivity index (χ0n) is 11.3. The summed E-state index contributed by atoms with van der Waals surface area (Å²) in [7, 11) is 2.80. The van der Waals surface area contributed by atoms with Crippen LogP contribution in [0.3, 0.4) is 0 Å². The molecular weight excluding hydrogens is 336 g/mol. The Kier molecular flexibility index (Phi) is 4.92. The van der Waals surface area contributed by atoms with Gasteiger partial charge in [-0.1, -0.05) is 11.3 Å². The molecule has 1 heterocycles. The van der Waals surface area contributed by atoms with E-state index in [1.54, 1.807) is 20.8 Å². The predicted octanol–water partition coefficient (Wildman–Crippen LogP) is 3.06. The largest absolute Gasteiger partial charge is 0.464 e. The summed E-state index contributed by atoms with van der Waals surface area (Å²) >= 11 is 4.36. The van der Waals surface area contributed by atoms with E-state index in [4.69, 9.17) is 4.74 Å². The molecule has 0 atom stereocenters. The molecule has 1 amide bonds. The van der Waals surface area contributed by atoms with Gasteiger partial charge >= 0.3 is 12.1 Å². The van der Waals surface area contributed by atoms with Gasteiger partial charge in [0, 0.05) is 7.05 Å². The van der Waals surface area contributed by atoms with Crippen LogP contribution in [0.25, 0.3) is 0 Å². The first kappa shape index (κ1) is 15.9. The number of methoxy groups -OCH3 is 1. The smallest absolute Gasteiger partial charge is 0.416 e. The van der Waals surface area contributed by atoms with Gasteiger partial charge in [-0.3, -0.25) is 4.90 Å². The number of hydrogen-bond donors (Lipinski definition) is 0. The van der Waals surface area contributed by atoms with E-state index in [2.05, 4.69) is 25.7 Å². The number of halogens is 1. The van der Waals surface area contributed by atoms with Gasteiger partial charge in [-0.25, -0.2) is 14.6 Å². The maximum absolute atomic E-state index is 11.9. The third-order valence-corrected chi connectivity index (χ3v) is 3.69. The first-order valence-electron chi connectivity index (χ1n) is 5.37. The zero-order valence-corrected chi connectivity index (χ0v) is 13.7. The molecule has 1 aromatic heterocycles. The minimum atomic E-state index is -0.592. The summed E-state index contributed by atoms with van der Waals surface area (Å²) in [6, 6.07) is 0. The number of carbonyl (C=O) groups excluding carboxylic acids is 2. The van der Waals surface area contributed by atoms with Crippen molar-refractivity contribution in [1.29, 1.82) is 0 Å². The molecule has 0 N–H and O–H groups in total. The van der Waals surface area contributed by atoms with Crippen molar-refractivity contribution < 1.29 is 19.1 Å². The average molecular weight is 351 g/mol. The van der Waals surface area contributed by atoms with E-state index in [1.165, 1.54) is 19.1 Å². The van der Waals surface area contributed by atoms with Crippen molar-refractivity contribution in [3.63, 3.8) is 0 Å². The van der Waals surface area contributed by atoms with Gasteiger partial charge in [0.25, 0.3) is 0 Å². The van der Waals surface area contributed by atoms with Crippen molar-refractivity contribution in [2.45, 2.75) is 26.4 Å². The number of nitrogens with zero attached hydrogens (tertiary/aromatic N) is 2. The SMILES string of the molecule is COC(=O)c1nc(N(C)C(=O)OC(C)(C)C)sc1Br. The van der Waals surface area contributed by atoms with Crippen molar-refractivity contribution in [1.82, 2.24) is 4.98 Å². The highest BCUT2D eigenvalue weighted by molar-refractivity contribution is 9.11. The first-order valence-corrected chi connectivity index (χ1v) is 6.98. The average Bonchev–Trinajstić information content (AvgIpc) is 2.67. The topological polar surface area (TPSA) is 68.7 Å². The second kappa shape index (κ2) is 5.87. The number of esters is 1. The van der Waals surface area contributed by atoms with Crippen LogP contribution in [0.1, 0.15) is 31.3 Å². The Morgan fingerprint density at radius 3 is 2.42 bits per heavy atom. The van der Waals surface area contributed by atoms with Gasteiger partial charge in [-0.15, -0.1) is 0 Å². The van der Waals surface area contributed by atoms with Gasteiger partial charge in [0.05, 0.1) is 7.11 Å². The second-order valence-corrected chi connectivity index (χ2v) is 6.95. The van der Waals surface area contributed by atoms with Gasteiger partial charge in [-0.05, 0) is 36.7 Å². The van der Waals surface area contributed by atoms with Crippen LogP contribution in [0.15, 0.2) is 3.79 Å². The molecule has 6 nitrogen and oxygen atoms in total. The molecule has 0 saturated heterocycles. The number of rotatable bonds is 2. The van der Waals surface area contributed by atoms with Crippen LogP contribution in [-0.2, 0) is 9.47 Å². The summed E-state index contributed by atoms with van der Waals surface area (Å²) in [4.78, 5) is 28.6. The van der Waals surface area contributed by atoms with E-state index in [0.717, 1.165) is 11.3 Å². The third-order valence-electron chi connectivity index (χ3n) is 1.91. The fraction of sp³-hybridized carbons (Fsp3) is 0.545. The minimum Gasteiger partial charge on any atom is -0.464 e. The molecule has 0 fully saturated rings. The molecule has 0 aromatic carbocycles. The first-order chi connectivity index (χ1) is 8.65. The van der Waals surface area contributed by atoms with Gasteiger partial charge in [0.15, 0.2) is 10.8 Å². The van der Waals surface area contributed by atoms with Crippen molar-refractivity contribution in [2.75, 3.05) is 19.1 Å². The van der Waals surface area contributed by atoms with E-state index in [9.17, 15) is 9.59 Å². The number of carbonyl (C=O) groups is 2. The summed E-state index contributed by atoms with van der Waals surface area (Å²) in [6.07, 6.45) is -0.537. The van der Waals surface area contributed by atoms with Gasteiger partial charge in [0.1, 0.15) is 9.39 Å². The maximum Gasteiger partial charge on any atom is 0.416 e. The fourth-order valence-corrected chi connectivity index (χ4v) is 2.48. The zero-order chi connectivity index (χ0) is 14.8. The summed E-state index contributed by atoms with van der Waals surface area (Å²) in [5.74, 6) is -0.563. The van der Waals surface area contributed by atoms with E-state index >= 15 is 0 Å². The Balaban J connectivity index is 2.92. The molecule has 0 bridgehead atoms. The lowest BCUT2D eigenvalue weighted by molar-refractivity contribution is 0.0576. The van der Waals surface area contributed by atoms with Crippen molar-refractivity contribution in [3.8, 4) is 0 Å². The Morgan fingerprint density at radius 1 is 1.37 bits per heavy atom. The number of aromatic nitrogens is 1. The highest BCUT2D eigenvalue weighted by atomic mass is 79.9. The minimum absolute atomic E-state index is 0.137. The molecule has 0 saturated carbocycles. The normalized spacial score (nSPS) is 11.1. The van der Waals surface area contributed by atoms with E-state index in [0.29, 0.717) is 8.92 Å². The van der Waals surface area contributed by atoms with E-state index < -0.39 is 17.7 Å². The summed E-state index contributed by atoms with van der Waals surface area (Å²) in [5.41, 5.74) is -0.455. The highest BCUT2D eigenvalue weighted by Gasteiger charge is 2.25. The number of hydrogen-bond acceptors (Lipinski definition) is 6. The van der Waals surface area contributed by atoms with Crippen molar-refractivity contribution >= 4 is 44.5 Å². The second-order valence-electron chi connectivity index (χ2n) is 4.65. The molecule has 0 aliphatic rings. The van der Waals surface area contributed by atoms with Crippen LogP contribution in [0.5, 0.6) is 0 Å². The number of anilines is 1.